The molecule has 0 heterocycles. The van der Waals surface area contributed by atoms with Gasteiger partial charge in [-0.2, -0.15) is 0 Å². The van der Waals surface area contributed by atoms with E-state index in [9.17, 15) is 19.5 Å². The van der Waals surface area contributed by atoms with Gasteiger partial charge in [0.25, 0.3) is 0 Å². The van der Waals surface area contributed by atoms with Gasteiger partial charge in [0, 0.05) is 25.9 Å². The fraction of sp³-hybridized carbons (Fsp3) is 0.471. The minimum atomic E-state index is -1.11. The Balaban J connectivity index is 2.48. The molecule has 0 bridgehead atoms. The van der Waals surface area contributed by atoms with Gasteiger partial charge in [0.05, 0.1) is 0 Å². The minimum absolute atomic E-state index is 0.0145. The fourth-order valence-corrected chi connectivity index (χ4v) is 2.30. The van der Waals surface area contributed by atoms with E-state index >= 15 is 0 Å². The largest absolute Gasteiger partial charge is 0.479 e. The summed E-state index contributed by atoms with van der Waals surface area (Å²) in [5.41, 5.74) is 0.521. The molecular formula is C17H24N2O4. The van der Waals surface area contributed by atoms with Crippen molar-refractivity contribution in [3.05, 3.63) is 35.9 Å². The Bertz CT molecular complexity index is 527. The number of nitrogens with zero attached hydrogens (tertiary/aromatic N) is 1. The summed E-state index contributed by atoms with van der Waals surface area (Å²) in [5.74, 6) is -1.46. The van der Waals surface area contributed by atoms with E-state index in [2.05, 4.69) is 5.32 Å². The summed E-state index contributed by atoms with van der Waals surface area (Å²) in [6, 6.07) is 7.47. The molecule has 1 unspecified atom stereocenters. The summed E-state index contributed by atoms with van der Waals surface area (Å²) in [5, 5.41) is 11.8. The van der Waals surface area contributed by atoms with Crippen molar-refractivity contribution in [1.82, 2.24) is 10.2 Å². The first-order chi connectivity index (χ1) is 11.0. The minimum Gasteiger partial charge on any atom is -0.479 e. The van der Waals surface area contributed by atoms with Crippen molar-refractivity contribution in [2.45, 2.75) is 39.2 Å². The highest BCUT2D eigenvalue weighted by Gasteiger charge is 2.21. The van der Waals surface area contributed by atoms with Crippen LogP contribution in [0.1, 0.15) is 44.7 Å². The lowest BCUT2D eigenvalue weighted by molar-refractivity contribution is -0.142. The van der Waals surface area contributed by atoms with Crippen molar-refractivity contribution in [2.24, 2.45) is 0 Å². The van der Waals surface area contributed by atoms with E-state index in [-0.39, 0.29) is 24.7 Å². The van der Waals surface area contributed by atoms with E-state index in [1.54, 1.807) is 35.2 Å². The molecule has 0 spiro atoms. The fourth-order valence-electron chi connectivity index (χ4n) is 2.30. The maximum absolute atomic E-state index is 11.9. The van der Waals surface area contributed by atoms with E-state index in [0.717, 1.165) is 0 Å². The molecule has 1 aromatic rings. The average Bonchev–Trinajstić information content (AvgIpc) is 2.54. The van der Waals surface area contributed by atoms with Crippen LogP contribution < -0.4 is 5.32 Å². The molecule has 1 atom stereocenters. The van der Waals surface area contributed by atoms with Gasteiger partial charge in [-0.3, -0.25) is 9.59 Å². The second-order valence-corrected chi connectivity index (χ2v) is 5.17. The number of rotatable bonds is 9. The first-order valence-electron chi connectivity index (χ1n) is 7.84. The molecule has 23 heavy (non-hydrogen) atoms. The van der Waals surface area contributed by atoms with Gasteiger partial charge >= 0.3 is 5.97 Å². The van der Waals surface area contributed by atoms with Crippen molar-refractivity contribution in [3.63, 3.8) is 0 Å². The summed E-state index contributed by atoms with van der Waals surface area (Å²) < 4.78 is 0. The molecule has 2 amide bonds. The van der Waals surface area contributed by atoms with Crippen molar-refractivity contribution in [3.8, 4) is 0 Å². The predicted molar refractivity (Wildman–Crippen MR) is 86.7 cm³/mol. The van der Waals surface area contributed by atoms with E-state index in [1.165, 1.54) is 0 Å². The van der Waals surface area contributed by atoms with Crippen LogP contribution in [0.15, 0.2) is 30.3 Å². The highest BCUT2D eigenvalue weighted by molar-refractivity contribution is 5.85. The summed E-state index contributed by atoms with van der Waals surface area (Å²) in [6.45, 7) is 5.12. The Morgan fingerprint density at radius 1 is 1.09 bits per heavy atom. The lowest BCUT2D eigenvalue weighted by Gasteiger charge is -2.18. The molecule has 2 N–H and O–H groups in total. The smallest absolute Gasteiger partial charge is 0.330 e. The zero-order valence-corrected chi connectivity index (χ0v) is 13.6. The molecule has 0 saturated heterocycles. The van der Waals surface area contributed by atoms with Gasteiger partial charge in [-0.15, -0.1) is 0 Å². The molecule has 1 aromatic carbocycles. The van der Waals surface area contributed by atoms with Crippen LogP contribution in [-0.4, -0.2) is 40.9 Å². The van der Waals surface area contributed by atoms with Crippen LogP contribution in [0.3, 0.4) is 0 Å². The maximum atomic E-state index is 11.9. The lowest BCUT2D eigenvalue weighted by atomic mass is 10.1. The highest BCUT2D eigenvalue weighted by Crippen LogP contribution is 2.13. The molecular weight excluding hydrogens is 296 g/mol. The van der Waals surface area contributed by atoms with E-state index in [1.807, 2.05) is 13.8 Å². The third kappa shape index (κ3) is 6.10. The van der Waals surface area contributed by atoms with Crippen LogP contribution in [0.5, 0.6) is 0 Å². The average molecular weight is 320 g/mol. The Hall–Kier alpha value is -2.37. The summed E-state index contributed by atoms with van der Waals surface area (Å²) in [7, 11) is 0. The molecule has 126 valence electrons. The van der Waals surface area contributed by atoms with Crippen LogP contribution in [-0.2, 0) is 14.4 Å². The summed E-state index contributed by atoms with van der Waals surface area (Å²) in [4.78, 5) is 36.8. The number of carbonyl (C=O) groups is 3. The van der Waals surface area contributed by atoms with E-state index in [0.29, 0.717) is 25.1 Å². The summed E-state index contributed by atoms with van der Waals surface area (Å²) >= 11 is 0. The predicted octanol–water partition coefficient (Wildman–Crippen LogP) is 1.97. The van der Waals surface area contributed by atoms with Gasteiger partial charge in [0.15, 0.2) is 6.04 Å². The SMILES string of the molecule is CCN(CC)C(=O)CCCC(=O)NC(C(=O)O)c1ccccc1. The molecule has 0 saturated carbocycles. The number of nitrogens with one attached hydrogen (secondary N) is 1. The standard InChI is InChI=1S/C17H24N2O4/c1-3-19(4-2)15(21)12-8-11-14(20)18-16(17(22)23)13-9-6-5-7-10-13/h5-7,9-10,16H,3-4,8,11-12H2,1-2H3,(H,18,20)(H,22,23). The molecule has 0 radical (unpaired) electrons. The molecule has 6 nitrogen and oxygen atoms in total. The second kappa shape index (κ2) is 9.61. The molecule has 0 aliphatic heterocycles. The van der Waals surface area contributed by atoms with E-state index in [4.69, 9.17) is 0 Å². The third-order valence-corrected chi connectivity index (χ3v) is 3.60. The number of carbonyl (C=O) groups excluding carboxylic acids is 2. The topological polar surface area (TPSA) is 86.7 Å². The first-order valence-corrected chi connectivity index (χ1v) is 7.84. The van der Waals surface area contributed by atoms with Gasteiger partial charge in [0.2, 0.25) is 11.8 Å². The van der Waals surface area contributed by atoms with Crippen molar-refractivity contribution in [2.75, 3.05) is 13.1 Å². The number of carboxylic acid groups (broad SMARTS) is 1. The Morgan fingerprint density at radius 2 is 1.70 bits per heavy atom. The number of hydrogen-bond acceptors (Lipinski definition) is 3. The van der Waals surface area contributed by atoms with Crippen molar-refractivity contribution >= 4 is 17.8 Å². The normalized spacial score (nSPS) is 11.6. The van der Waals surface area contributed by atoms with Crippen LogP contribution in [0, 0.1) is 0 Å². The maximum Gasteiger partial charge on any atom is 0.330 e. The second-order valence-electron chi connectivity index (χ2n) is 5.17. The van der Waals surface area contributed by atoms with Crippen LogP contribution in [0.2, 0.25) is 0 Å². The number of benzene rings is 1. The van der Waals surface area contributed by atoms with Crippen LogP contribution >= 0.6 is 0 Å². The van der Waals surface area contributed by atoms with Crippen molar-refractivity contribution in [1.29, 1.82) is 0 Å². The Kier molecular flexibility index (Phi) is 7.80. The molecule has 0 aliphatic carbocycles. The molecule has 1 rings (SSSR count). The number of hydrogen-bond donors (Lipinski definition) is 2. The summed E-state index contributed by atoms with van der Waals surface area (Å²) in [6.07, 6.45) is 0.824. The highest BCUT2D eigenvalue weighted by atomic mass is 16.4. The van der Waals surface area contributed by atoms with E-state index < -0.39 is 12.0 Å². The Labute approximate surface area is 136 Å². The molecule has 0 aliphatic rings. The molecule has 0 aromatic heterocycles. The van der Waals surface area contributed by atoms with Crippen LogP contribution in [0.4, 0.5) is 0 Å². The molecule has 6 heteroatoms. The quantitative estimate of drug-likeness (QED) is 0.728. The van der Waals surface area contributed by atoms with Gasteiger partial charge in [0.1, 0.15) is 0 Å². The first kappa shape index (κ1) is 18.7. The number of aliphatic carboxylic acids is 1. The lowest BCUT2D eigenvalue weighted by Crippen LogP contribution is -2.34. The van der Waals surface area contributed by atoms with Crippen LogP contribution in [0.25, 0.3) is 0 Å². The monoisotopic (exact) mass is 320 g/mol. The number of carboxylic acids is 1. The van der Waals surface area contributed by atoms with Crippen molar-refractivity contribution < 1.29 is 19.5 Å². The van der Waals surface area contributed by atoms with Gasteiger partial charge in [-0.25, -0.2) is 4.79 Å². The number of amides is 2. The third-order valence-electron chi connectivity index (χ3n) is 3.60. The zero-order valence-electron chi connectivity index (χ0n) is 13.6. The Morgan fingerprint density at radius 3 is 2.22 bits per heavy atom. The van der Waals surface area contributed by atoms with Gasteiger partial charge in [-0.05, 0) is 25.8 Å². The van der Waals surface area contributed by atoms with Gasteiger partial charge in [-0.1, -0.05) is 30.3 Å². The van der Waals surface area contributed by atoms with Gasteiger partial charge < -0.3 is 15.3 Å². The molecule has 0 fully saturated rings. The zero-order chi connectivity index (χ0) is 17.2.